The van der Waals surface area contributed by atoms with E-state index in [1.54, 1.807) is 0 Å². The summed E-state index contributed by atoms with van der Waals surface area (Å²) in [6.07, 6.45) is -0.731. The Morgan fingerprint density at radius 3 is 2.21 bits per heavy atom. The minimum Gasteiger partial charge on any atom is -0.390 e. The molecule has 5 nitrogen and oxygen atoms in total. The van der Waals surface area contributed by atoms with Gasteiger partial charge in [-0.2, -0.15) is 0 Å². The van der Waals surface area contributed by atoms with Crippen LogP contribution in [0.2, 0.25) is 0 Å². The lowest BCUT2D eigenvalue weighted by Crippen LogP contribution is -2.53. The molecule has 0 aliphatic carbocycles. The van der Waals surface area contributed by atoms with Crippen molar-refractivity contribution in [2.45, 2.75) is 38.5 Å². The molecule has 6 heteroatoms. The molecule has 3 rings (SSSR count). The van der Waals surface area contributed by atoms with Crippen molar-refractivity contribution in [3.8, 4) is 0 Å². The molecule has 134 valence electrons. The van der Waals surface area contributed by atoms with Gasteiger partial charge in [-0.25, -0.2) is 8.42 Å². The minimum atomic E-state index is -3.07. The van der Waals surface area contributed by atoms with Crippen LogP contribution in [0.15, 0.2) is 24.3 Å². The van der Waals surface area contributed by atoms with E-state index < -0.39 is 15.9 Å². The second-order valence-electron chi connectivity index (χ2n) is 7.42. The highest BCUT2D eigenvalue weighted by Crippen LogP contribution is 2.21. The van der Waals surface area contributed by atoms with Gasteiger partial charge in [-0.15, -0.1) is 0 Å². The third-order valence-corrected chi connectivity index (χ3v) is 6.92. The number of hydrogen-bond acceptors (Lipinski definition) is 5. The average molecular weight is 353 g/mol. The monoisotopic (exact) mass is 352 g/mol. The predicted molar refractivity (Wildman–Crippen MR) is 95.8 cm³/mol. The van der Waals surface area contributed by atoms with Gasteiger partial charge in [0.15, 0.2) is 9.84 Å². The van der Waals surface area contributed by atoms with Gasteiger partial charge >= 0.3 is 0 Å². The van der Waals surface area contributed by atoms with E-state index in [1.165, 1.54) is 11.1 Å². The van der Waals surface area contributed by atoms with E-state index in [-0.39, 0.29) is 17.5 Å². The standard InChI is InChI=1S/C18H28N2O3S/c1-14(2)16-5-3-15(4-6-16)11-19-7-9-20(10-8-19)17-12-24(22,23)13-18(17)21/h3-6,14,17-18,21H,7-13H2,1-2H3/t17-,18-/m0/s1. The number of benzene rings is 1. The van der Waals surface area contributed by atoms with Crippen molar-refractivity contribution < 1.29 is 13.5 Å². The maximum Gasteiger partial charge on any atom is 0.154 e. The first-order valence-corrected chi connectivity index (χ1v) is 10.6. The van der Waals surface area contributed by atoms with E-state index >= 15 is 0 Å². The summed E-state index contributed by atoms with van der Waals surface area (Å²) in [5, 5.41) is 10.0. The van der Waals surface area contributed by atoms with Gasteiger partial charge in [0.2, 0.25) is 0 Å². The Hall–Kier alpha value is -0.950. The second kappa shape index (κ2) is 7.12. The maximum absolute atomic E-state index is 11.7. The molecular formula is C18H28N2O3S. The van der Waals surface area contributed by atoms with Crippen LogP contribution >= 0.6 is 0 Å². The van der Waals surface area contributed by atoms with E-state index in [4.69, 9.17) is 0 Å². The summed E-state index contributed by atoms with van der Waals surface area (Å²) in [5.41, 5.74) is 2.68. The van der Waals surface area contributed by atoms with Crippen molar-refractivity contribution in [3.63, 3.8) is 0 Å². The fraction of sp³-hybridized carbons (Fsp3) is 0.667. The van der Waals surface area contributed by atoms with Gasteiger partial charge in [0.1, 0.15) is 0 Å². The lowest BCUT2D eigenvalue weighted by Gasteiger charge is -2.38. The summed E-state index contributed by atoms with van der Waals surface area (Å²) < 4.78 is 23.4. The van der Waals surface area contributed by atoms with Crippen LogP contribution in [-0.4, -0.2) is 73.2 Å². The van der Waals surface area contributed by atoms with Crippen LogP contribution in [0.5, 0.6) is 0 Å². The van der Waals surface area contributed by atoms with Crippen LogP contribution in [0.3, 0.4) is 0 Å². The van der Waals surface area contributed by atoms with Gasteiger partial charge in [0.05, 0.1) is 23.7 Å². The first-order valence-electron chi connectivity index (χ1n) is 8.78. The molecule has 2 aliphatic rings. The van der Waals surface area contributed by atoms with Gasteiger partial charge in [-0.1, -0.05) is 38.1 Å². The molecule has 0 radical (unpaired) electrons. The van der Waals surface area contributed by atoms with E-state index in [2.05, 4.69) is 47.9 Å². The van der Waals surface area contributed by atoms with Crippen molar-refractivity contribution in [2.24, 2.45) is 0 Å². The smallest absolute Gasteiger partial charge is 0.154 e. The second-order valence-corrected chi connectivity index (χ2v) is 9.57. The molecule has 2 atom stereocenters. The topological polar surface area (TPSA) is 60.9 Å². The number of piperazine rings is 1. The molecular weight excluding hydrogens is 324 g/mol. The number of aliphatic hydroxyl groups is 1. The van der Waals surface area contributed by atoms with E-state index in [1.807, 2.05) is 0 Å². The quantitative estimate of drug-likeness (QED) is 0.879. The van der Waals surface area contributed by atoms with Crippen molar-refractivity contribution in [1.29, 1.82) is 0 Å². The van der Waals surface area contributed by atoms with Crippen molar-refractivity contribution in [2.75, 3.05) is 37.7 Å². The average Bonchev–Trinajstić information content (AvgIpc) is 2.81. The highest BCUT2D eigenvalue weighted by Gasteiger charge is 2.40. The largest absolute Gasteiger partial charge is 0.390 e. The first kappa shape index (κ1) is 17.9. The predicted octanol–water partition coefficient (Wildman–Crippen LogP) is 1.09. The third kappa shape index (κ3) is 4.17. The van der Waals surface area contributed by atoms with Crippen molar-refractivity contribution >= 4 is 9.84 Å². The molecule has 1 aromatic carbocycles. The Morgan fingerprint density at radius 1 is 1.08 bits per heavy atom. The van der Waals surface area contributed by atoms with E-state index in [9.17, 15) is 13.5 Å². The molecule has 1 aromatic rings. The Bertz CT molecular complexity index is 649. The molecule has 0 unspecified atom stereocenters. The summed E-state index contributed by atoms with van der Waals surface area (Å²) in [6.45, 7) is 8.79. The highest BCUT2D eigenvalue weighted by molar-refractivity contribution is 7.91. The Balaban J connectivity index is 1.52. The lowest BCUT2D eigenvalue weighted by atomic mass is 10.0. The molecule has 0 amide bonds. The number of nitrogens with zero attached hydrogens (tertiary/aromatic N) is 2. The number of hydrogen-bond donors (Lipinski definition) is 1. The van der Waals surface area contributed by atoms with Crippen LogP contribution in [0.25, 0.3) is 0 Å². The summed E-state index contributed by atoms with van der Waals surface area (Å²) in [5.74, 6) is 0.571. The van der Waals surface area contributed by atoms with Crippen molar-refractivity contribution in [3.05, 3.63) is 35.4 Å². The summed E-state index contributed by atoms with van der Waals surface area (Å²) in [7, 11) is -3.07. The fourth-order valence-corrected chi connectivity index (χ4v) is 5.51. The molecule has 24 heavy (non-hydrogen) atoms. The molecule has 0 spiro atoms. The van der Waals surface area contributed by atoms with Gasteiger partial charge in [0, 0.05) is 32.7 Å². The number of sulfone groups is 1. The Morgan fingerprint density at radius 2 is 1.71 bits per heavy atom. The van der Waals surface area contributed by atoms with Gasteiger partial charge in [-0.05, 0) is 17.0 Å². The number of rotatable bonds is 4. The van der Waals surface area contributed by atoms with Gasteiger partial charge < -0.3 is 5.11 Å². The molecule has 2 heterocycles. The van der Waals surface area contributed by atoms with Crippen molar-refractivity contribution in [1.82, 2.24) is 9.80 Å². The fourth-order valence-electron chi connectivity index (χ4n) is 3.68. The molecule has 2 fully saturated rings. The summed E-state index contributed by atoms with van der Waals surface area (Å²) in [6, 6.07) is 8.60. The highest BCUT2D eigenvalue weighted by atomic mass is 32.2. The Kier molecular flexibility index (Phi) is 5.30. The number of aliphatic hydroxyl groups excluding tert-OH is 1. The normalized spacial score (nSPS) is 28.5. The molecule has 0 aromatic heterocycles. The molecule has 2 saturated heterocycles. The summed E-state index contributed by atoms with van der Waals surface area (Å²) >= 11 is 0. The Labute approximate surface area is 145 Å². The third-order valence-electron chi connectivity index (χ3n) is 5.22. The molecule has 0 bridgehead atoms. The zero-order valence-electron chi connectivity index (χ0n) is 14.6. The van der Waals surface area contributed by atoms with Gasteiger partial charge in [-0.3, -0.25) is 9.80 Å². The first-order chi connectivity index (χ1) is 11.3. The molecule has 0 saturated carbocycles. The van der Waals surface area contributed by atoms with E-state index in [0.29, 0.717) is 5.92 Å². The van der Waals surface area contributed by atoms with Crippen LogP contribution in [0.1, 0.15) is 30.9 Å². The molecule has 1 N–H and O–H groups in total. The van der Waals surface area contributed by atoms with Crippen LogP contribution < -0.4 is 0 Å². The summed E-state index contributed by atoms with van der Waals surface area (Å²) in [4.78, 5) is 4.55. The van der Waals surface area contributed by atoms with Crippen LogP contribution in [0.4, 0.5) is 0 Å². The van der Waals surface area contributed by atoms with Gasteiger partial charge in [0.25, 0.3) is 0 Å². The zero-order valence-corrected chi connectivity index (χ0v) is 15.4. The zero-order chi connectivity index (χ0) is 17.3. The SMILES string of the molecule is CC(C)c1ccc(CN2CCN([C@H]3CS(=O)(=O)C[C@@H]3O)CC2)cc1. The molecule has 2 aliphatic heterocycles. The van der Waals surface area contributed by atoms with E-state index in [0.717, 1.165) is 32.7 Å². The van der Waals surface area contributed by atoms with Crippen LogP contribution in [-0.2, 0) is 16.4 Å². The lowest BCUT2D eigenvalue weighted by molar-refractivity contribution is 0.0424. The minimum absolute atomic E-state index is 0.0833. The van der Waals surface area contributed by atoms with Crippen LogP contribution in [0, 0.1) is 0 Å². The maximum atomic E-state index is 11.7.